The van der Waals surface area contributed by atoms with Gasteiger partial charge in [-0.25, -0.2) is 9.59 Å². The van der Waals surface area contributed by atoms with Crippen molar-refractivity contribution in [3.05, 3.63) is 67.6 Å². The third kappa shape index (κ3) is 12.8. The number of halogens is 2. The zero-order chi connectivity index (χ0) is 39.0. The maximum absolute atomic E-state index is 12.4. The van der Waals surface area contributed by atoms with Crippen LogP contribution in [0, 0.1) is 19.3 Å². The van der Waals surface area contributed by atoms with E-state index in [2.05, 4.69) is 61.9 Å². The van der Waals surface area contributed by atoms with E-state index in [9.17, 15) is 14.4 Å². The first kappa shape index (κ1) is 43.3. The molecular weight excluding hydrogens is 798 g/mol. The van der Waals surface area contributed by atoms with Crippen LogP contribution >= 0.6 is 31.9 Å². The van der Waals surface area contributed by atoms with Gasteiger partial charge in [-0.05, 0) is 148 Å². The second-order valence-electron chi connectivity index (χ2n) is 17.6. The maximum Gasteiger partial charge on any atom is 0.410 e. The molecule has 10 heteroatoms. The van der Waals surface area contributed by atoms with Crippen LogP contribution in [0.1, 0.15) is 133 Å². The number of carbonyl (C=O) groups is 3. The number of aldehydes is 1. The lowest BCUT2D eigenvalue weighted by molar-refractivity contribution is 0.00150. The van der Waals surface area contributed by atoms with E-state index in [0.29, 0.717) is 11.0 Å². The summed E-state index contributed by atoms with van der Waals surface area (Å²) >= 11 is 7.00. The molecule has 294 valence electrons. The van der Waals surface area contributed by atoms with Gasteiger partial charge in [-0.1, -0.05) is 69.0 Å². The number of piperidine rings is 2. The summed E-state index contributed by atoms with van der Waals surface area (Å²) in [6, 6.07) is 12.3. The van der Waals surface area contributed by atoms with Crippen LogP contribution in [-0.4, -0.2) is 82.6 Å². The summed E-state index contributed by atoms with van der Waals surface area (Å²) in [4.78, 5) is 41.0. The Morgan fingerprint density at radius 1 is 0.679 bits per heavy atom. The minimum atomic E-state index is -0.427. The number of aryl methyl sites for hydroxylation is 2. The number of ether oxygens (including phenoxy) is 2. The molecule has 0 radical (unpaired) electrons. The van der Waals surface area contributed by atoms with Gasteiger partial charge in [0.25, 0.3) is 0 Å². The molecule has 1 aliphatic carbocycles. The Morgan fingerprint density at radius 3 is 1.64 bits per heavy atom. The van der Waals surface area contributed by atoms with E-state index < -0.39 is 5.60 Å². The van der Waals surface area contributed by atoms with E-state index >= 15 is 0 Å². The van der Waals surface area contributed by atoms with Crippen molar-refractivity contribution in [2.24, 2.45) is 5.41 Å². The van der Waals surface area contributed by atoms with E-state index in [-0.39, 0.29) is 23.3 Å². The first-order valence-corrected chi connectivity index (χ1v) is 21.1. The number of rotatable bonds is 3. The maximum atomic E-state index is 12.4. The average Bonchev–Trinajstić information content (AvgIpc) is 3.68. The number of benzene rings is 2. The van der Waals surface area contributed by atoms with E-state index in [4.69, 9.17) is 9.47 Å². The zero-order valence-corrected chi connectivity index (χ0v) is 36.7. The predicted molar refractivity (Wildman–Crippen MR) is 221 cm³/mol. The first-order valence-electron chi connectivity index (χ1n) is 19.5. The molecule has 0 N–H and O–H groups in total. The molecule has 2 aromatic rings. The van der Waals surface area contributed by atoms with E-state index in [1.807, 2.05) is 70.4 Å². The third-order valence-electron chi connectivity index (χ3n) is 11.1. The summed E-state index contributed by atoms with van der Waals surface area (Å²) in [5.74, 6) is 0. The van der Waals surface area contributed by atoms with Crippen molar-refractivity contribution in [2.75, 3.05) is 32.7 Å². The summed E-state index contributed by atoms with van der Waals surface area (Å²) in [5.41, 5.74) is 4.49. The quantitative estimate of drug-likeness (QED) is 0.286. The van der Waals surface area contributed by atoms with Crippen molar-refractivity contribution in [2.45, 2.75) is 143 Å². The molecule has 2 spiro atoms. The Balaban J connectivity index is 0.000000198. The molecule has 0 bridgehead atoms. The number of amides is 2. The summed E-state index contributed by atoms with van der Waals surface area (Å²) < 4.78 is 13.0. The minimum absolute atomic E-state index is 0.134. The molecule has 0 atom stereocenters. The van der Waals surface area contributed by atoms with Gasteiger partial charge in [0.05, 0.1) is 0 Å². The van der Waals surface area contributed by atoms with E-state index in [1.165, 1.54) is 67.0 Å². The second kappa shape index (κ2) is 18.5. The third-order valence-corrected chi connectivity index (χ3v) is 12.5. The first-order chi connectivity index (χ1) is 24.8. The van der Waals surface area contributed by atoms with Crippen LogP contribution in [0.3, 0.4) is 0 Å². The Hall–Kier alpha value is -2.43. The highest BCUT2D eigenvalue weighted by Crippen LogP contribution is 2.46. The van der Waals surface area contributed by atoms with Crippen molar-refractivity contribution in [1.29, 1.82) is 0 Å². The molecule has 0 unspecified atom stereocenters. The van der Waals surface area contributed by atoms with Gasteiger partial charge in [0, 0.05) is 52.8 Å². The fourth-order valence-corrected chi connectivity index (χ4v) is 9.27. The van der Waals surface area contributed by atoms with Crippen molar-refractivity contribution < 1.29 is 23.9 Å². The Kier molecular flexibility index (Phi) is 15.1. The van der Waals surface area contributed by atoms with Gasteiger partial charge in [0.15, 0.2) is 6.29 Å². The lowest BCUT2D eigenvalue weighted by atomic mass is 9.77. The predicted octanol–water partition coefficient (Wildman–Crippen LogP) is 11.3. The molecule has 4 fully saturated rings. The summed E-state index contributed by atoms with van der Waals surface area (Å²) in [5, 5.41) is 0. The SMILES string of the molecule is CC(C)(C)OC(=O)N1CCC2(CCCC2)CC1.Cc1ccc(C=O)c(Br)c1.Cc1ccc(CN2CCCC23CCN(C(=O)OC(C)(C)C)CC3)c(Br)c1. The molecule has 6 rings (SSSR count). The van der Waals surface area contributed by atoms with Crippen molar-refractivity contribution in [3.8, 4) is 0 Å². The molecule has 0 aromatic heterocycles. The lowest BCUT2D eigenvalue weighted by Gasteiger charge is -2.45. The molecular formula is C43H63Br2N3O5. The summed E-state index contributed by atoms with van der Waals surface area (Å²) in [7, 11) is 0. The number of carbonyl (C=O) groups excluding carboxylic acids is 3. The second-order valence-corrected chi connectivity index (χ2v) is 19.3. The topological polar surface area (TPSA) is 79.4 Å². The highest BCUT2D eigenvalue weighted by Gasteiger charge is 2.44. The zero-order valence-electron chi connectivity index (χ0n) is 33.5. The van der Waals surface area contributed by atoms with Gasteiger partial charge < -0.3 is 19.3 Å². The van der Waals surface area contributed by atoms with Crippen LogP contribution in [0.2, 0.25) is 0 Å². The van der Waals surface area contributed by atoms with Crippen molar-refractivity contribution in [1.82, 2.24) is 14.7 Å². The molecule has 3 heterocycles. The average molecular weight is 862 g/mol. The molecule has 2 aromatic carbocycles. The molecule has 8 nitrogen and oxygen atoms in total. The van der Waals surface area contributed by atoms with Gasteiger partial charge in [0.1, 0.15) is 11.2 Å². The van der Waals surface area contributed by atoms with Gasteiger partial charge in [-0.15, -0.1) is 0 Å². The normalized spacial score (nSPS) is 19.6. The summed E-state index contributed by atoms with van der Waals surface area (Å²) in [6.45, 7) is 21.1. The standard InChI is InChI=1S/C21H31BrN2O2.C14H25NO2.C8H7BrO/c1-16-6-7-17(18(22)14-16)15-24-11-5-8-21(24)9-12-23(13-10-21)19(25)26-20(2,3)4;1-13(2,3)17-12(16)15-10-8-14(9-11-15)6-4-5-7-14;1-6-2-3-7(5-10)8(9)4-6/h6-7,14H,5,8-13,15H2,1-4H3;4-11H2,1-3H3;2-5H,1H3. The smallest absolute Gasteiger partial charge is 0.410 e. The van der Waals surface area contributed by atoms with Crippen LogP contribution in [0.25, 0.3) is 0 Å². The van der Waals surface area contributed by atoms with Crippen LogP contribution < -0.4 is 0 Å². The van der Waals surface area contributed by atoms with Gasteiger partial charge in [-0.3, -0.25) is 9.69 Å². The van der Waals surface area contributed by atoms with Gasteiger partial charge >= 0.3 is 12.2 Å². The number of hydrogen-bond acceptors (Lipinski definition) is 6. The van der Waals surface area contributed by atoms with Crippen LogP contribution in [-0.2, 0) is 16.0 Å². The van der Waals surface area contributed by atoms with E-state index in [0.717, 1.165) is 68.4 Å². The van der Waals surface area contributed by atoms with Crippen molar-refractivity contribution in [3.63, 3.8) is 0 Å². The molecule has 4 aliphatic rings. The number of nitrogens with zero attached hydrogens (tertiary/aromatic N) is 3. The fourth-order valence-electron chi connectivity index (χ4n) is 8.07. The fraction of sp³-hybridized carbons (Fsp3) is 0.651. The van der Waals surface area contributed by atoms with Crippen molar-refractivity contribution >= 4 is 50.3 Å². The Bertz CT molecular complexity index is 1540. The highest BCUT2D eigenvalue weighted by molar-refractivity contribution is 9.10. The van der Waals surface area contributed by atoms with Gasteiger partial charge in [-0.2, -0.15) is 0 Å². The lowest BCUT2D eigenvalue weighted by Crippen LogP contribution is -2.53. The Labute approximate surface area is 336 Å². The summed E-state index contributed by atoms with van der Waals surface area (Å²) in [6.07, 6.45) is 12.9. The molecule has 53 heavy (non-hydrogen) atoms. The monoisotopic (exact) mass is 859 g/mol. The van der Waals surface area contributed by atoms with Gasteiger partial charge in [0.2, 0.25) is 0 Å². The molecule has 1 saturated carbocycles. The van der Waals surface area contributed by atoms with Crippen LogP contribution in [0.5, 0.6) is 0 Å². The van der Waals surface area contributed by atoms with E-state index in [1.54, 1.807) is 6.07 Å². The molecule has 3 aliphatic heterocycles. The van der Waals surface area contributed by atoms with Crippen LogP contribution in [0.4, 0.5) is 9.59 Å². The number of hydrogen-bond donors (Lipinski definition) is 0. The number of likely N-dealkylation sites (tertiary alicyclic amines) is 3. The molecule has 3 saturated heterocycles. The minimum Gasteiger partial charge on any atom is -0.444 e. The van der Waals surface area contributed by atoms with Crippen LogP contribution in [0.15, 0.2) is 45.3 Å². The Morgan fingerprint density at radius 2 is 1.17 bits per heavy atom. The molecule has 2 amide bonds. The highest BCUT2D eigenvalue weighted by atomic mass is 79.9. The largest absolute Gasteiger partial charge is 0.444 e.